The minimum atomic E-state index is -0.164. The average molecular weight is 332 g/mol. The molecule has 0 aliphatic heterocycles. The van der Waals surface area contributed by atoms with Crippen molar-refractivity contribution in [3.8, 4) is 0 Å². The first-order valence-electron chi connectivity index (χ1n) is 7.52. The van der Waals surface area contributed by atoms with Gasteiger partial charge in [0, 0.05) is 43.0 Å². The summed E-state index contributed by atoms with van der Waals surface area (Å²) in [5.74, 6) is 0.845. The molecule has 0 saturated heterocycles. The Kier molecular flexibility index (Phi) is 4.34. The molecule has 0 aliphatic carbocycles. The van der Waals surface area contributed by atoms with E-state index in [1.54, 1.807) is 18.5 Å². The third-order valence-corrected chi connectivity index (χ3v) is 3.99. The Balaban J connectivity index is 1.71. The van der Waals surface area contributed by atoms with E-state index < -0.39 is 0 Å². The predicted molar refractivity (Wildman–Crippen MR) is 89.6 cm³/mol. The van der Waals surface area contributed by atoms with E-state index >= 15 is 0 Å². The van der Waals surface area contributed by atoms with Gasteiger partial charge in [-0.05, 0) is 19.1 Å². The molecule has 120 valence electrons. The maximum absolute atomic E-state index is 12.4. The predicted octanol–water partition coefficient (Wildman–Crippen LogP) is 2.79. The molecule has 0 radical (unpaired) electrons. The molecule has 1 amide bonds. The lowest BCUT2D eigenvalue weighted by Crippen LogP contribution is -2.36. The van der Waals surface area contributed by atoms with E-state index in [1.165, 1.54) is 0 Å². The van der Waals surface area contributed by atoms with E-state index in [2.05, 4.69) is 31.8 Å². The number of nitrogens with zero attached hydrogens (tertiary/aromatic N) is 3. The molecule has 7 heteroatoms. The highest BCUT2D eigenvalue weighted by Crippen LogP contribution is 2.21. The summed E-state index contributed by atoms with van der Waals surface area (Å²) in [5.41, 5.74) is 1.15. The highest BCUT2D eigenvalue weighted by Gasteiger charge is 2.14. The highest BCUT2D eigenvalue weighted by atomic mass is 35.5. The fourth-order valence-corrected chi connectivity index (χ4v) is 2.82. The van der Waals surface area contributed by atoms with E-state index in [-0.39, 0.29) is 11.9 Å². The van der Waals surface area contributed by atoms with E-state index in [1.807, 2.05) is 19.2 Å². The molecule has 2 N–H and O–H groups in total. The molecule has 3 aromatic rings. The minimum absolute atomic E-state index is 0.0259. The molecular weight excluding hydrogens is 314 g/mol. The van der Waals surface area contributed by atoms with Crippen molar-refractivity contribution in [2.75, 3.05) is 0 Å². The Morgan fingerprint density at radius 2 is 2.26 bits per heavy atom. The van der Waals surface area contributed by atoms with Crippen LogP contribution in [0.25, 0.3) is 10.9 Å². The van der Waals surface area contributed by atoms with Gasteiger partial charge >= 0.3 is 0 Å². The summed E-state index contributed by atoms with van der Waals surface area (Å²) in [7, 11) is 0. The lowest BCUT2D eigenvalue weighted by Gasteiger charge is -2.15. The van der Waals surface area contributed by atoms with Crippen LogP contribution in [-0.4, -0.2) is 31.5 Å². The summed E-state index contributed by atoms with van der Waals surface area (Å²) in [6.45, 7) is 4.70. The third-order valence-electron chi connectivity index (χ3n) is 3.71. The number of carbonyl (C=O) groups is 1. The van der Waals surface area contributed by atoms with Gasteiger partial charge in [0.2, 0.25) is 0 Å². The molecule has 6 nitrogen and oxygen atoms in total. The molecule has 0 fully saturated rings. The summed E-state index contributed by atoms with van der Waals surface area (Å²) >= 11 is 6.02. The number of imidazole rings is 1. The first kappa shape index (κ1) is 15.6. The molecule has 1 atom stereocenters. The third kappa shape index (κ3) is 3.22. The van der Waals surface area contributed by atoms with Crippen molar-refractivity contribution >= 4 is 28.4 Å². The molecule has 0 saturated carbocycles. The van der Waals surface area contributed by atoms with Gasteiger partial charge in [-0.1, -0.05) is 18.5 Å². The van der Waals surface area contributed by atoms with E-state index in [0.717, 1.165) is 17.6 Å². The maximum atomic E-state index is 12.4. The van der Waals surface area contributed by atoms with Gasteiger partial charge in [-0.15, -0.1) is 0 Å². The normalized spacial score (nSPS) is 12.5. The first-order valence-corrected chi connectivity index (χ1v) is 7.90. The standard InChI is InChI=1S/C16H18ClN5O/c1-3-13-18-6-7-22(13)9-10(2)20-16(23)12-8-11-4-5-19-15(17)14(11)21-12/h4-8,10,21H,3,9H2,1-2H3,(H,20,23). The molecule has 3 aromatic heterocycles. The Hall–Kier alpha value is -2.34. The number of pyridine rings is 1. The molecule has 3 heterocycles. The first-order chi connectivity index (χ1) is 11.1. The number of rotatable bonds is 5. The second kappa shape index (κ2) is 6.42. The van der Waals surface area contributed by atoms with Crippen molar-refractivity contribution in [2.45, 2.75) is 32.9 Å². The second-order valence-corrected chi connectivity index (χ2v) is 5.83. The van der Waals surface area contributed by atoms with Gasteiger partial charge < -0.3 is 14.9 Å². The highest BCUT2D eigenvalue weighted by molar-refractivity contribution is 6.33. The number of amides is 1. The van der Waals surface area contributed by atoms with Crippen LogP contribution in [0.15, 0.2) is 30.7 Å². The Morgan fingerprint density at radius 1 is 1.43 bits per heavy atom. The van der Waals surface area contributed by atoms with Gasteiger partial charge in [0.05, 0.1) is 5.52 Å². The number of carbonyl (C=O) groups excluding carboxylic acids is 1. The zero-order valence-electron chi connectivity index (χ0n) is 13.0. The largest absolute Gasteiger partial charge is 0.348 e. The number of aromatic amines is 1. The van der Waals surface area contributed by atoms with Crippen LogP contribution in [-0.2, 0) is 13.0 Å². The van der Waals surface area contributed by atoms with Crippen LogP contribution in [0.2, 0.25) is 5.15 Å². The Morgan fingerprint density at radius 3 is 3.00 bits per heavy atom. The van der Waals surface area contributed by atoms with Crippen molar-refractivity contribution in [3.05, 3.63) is 47.4 Å². The van der Waals surface area contributed by atoms with Crippen molar-refractivity contribution in [1.82, 2.24) is 24.8 Å². The number of aromatic nitrogens is 4. The maximum Gasteiger partial charge on any atom is 0.267 e. The number of hydrogen-bond donors (Lipinski definition) is 2. The number of H-pyrrole nitrogens is 1. The van der Waals surface area contributed by atoms with Crippen molar-refractivity contribution in [3.63, 3.8) is 0 Å². The minimum Gasteiger partial charge on any atom is -0.348 e. The molecule has 0 bridgehead atoms. The molecule has 0 aliphatic rings. The summed E-state index contributed by atoms with van der Waals surface area (Å²) in [4.78, 5) is 23.7. The van der Waals surface area contributed by atoms with Crippen LogP contribution in [0.3, 0.4) is 0 Å². The van der Waals surface area contributed by atoms with Crippen LogP contribution in [0.4, 0.5) is 0 Å². The van der Waals surface area contributed by atoms with Crippen LogP contribution in [0.1, 0.15) is 30.2 Å². The fourth-order valence-electron chi connectivity index (χ4n) is 2.61. The number of aryl methyl sites for hydroxylation is 1. The van der Waals surface area contributed by atoms with Gasteiger partial charge in [0.15, 0.2) is 5.15 Å². The van der Waals surface area contributed by atoms with Crippen molar-refractivity contribution in [1.29, 1.82) is 0 Å². The summed E-state index contributed by atoms with van der Waals surface area (Å²) < 4.78 is 2.05. The topological polar surface area (TPSA) is 75.6 Å². The van der Waals surface area contributed by atoms with Gasteiger partial charge in [0.25, 0.3) is 5.91 Å². The molecular formula is C16H18ClN5O. The monoisotopic (exact) mass is 331 g/mol. The van der Waals surface area contributed by atoms with Crippen molar-refractivity contribution < 1.29 is 4.79 Å². The van der Waals surface area contributed by atoms with Crippen LogP contribution >= 0.6 is 11.6 Å². The smallest absolute Gasteiger partial charge is 0.267 e. The molecule has 23 heavy (non-hydrogen) atoms. The number of halogens is 1. The van der Waals surface area contributed by atoms with Gasteiger partial charge in [0.1, 0.15) is 11.5 Å². The SMILES string of the molecule is CCc1nccn1CC(C)NC(=O)c1cc2ccnc(Cl)c2[nH]1. The number of nitrogens with one attached hydrogen (secondary N) is 2. The van der Waals surface area contributed by atoms with E-state index in [4.69, 9.17) is 11.6 Å². The zero-order valence-corrected chi connectivity index (χ0v) is 13.8. The van der Waals surface area contributed by atoms with Gasteiger partial charge in [-0.25, -0.2) is 9.97 Å². The molecule has 0 aromatic carbocycles. The Bertz CT molecular complexity index is 838. The van der Waals surface area contributed by atoms with Crippen LogP contribution in [0, 0.1) is 0 Å². The molecule has 0 spiro atoms. The number of hydrogen-bond acceptors (Lipinski definition) is 3. The lowest BCUT2D eigenvalue weighted by atomic mass is 10.2. The zero-order chi connectivity index (χ0) is 16.4. The van der Waals surface area contributed by atoms with Crippen molar-refractivity contribution in [2.24, 2.45) is 0 Å². The van der Waals surface area contributed by atoms with E-state index in [9.17, 15) is 4.79 Å². The summed E-state index contributed by atoms with van der Waals surface area (Å²) in [5, 5.41) is 4.21. The van der Waals surface area contributed by atoms with Gasteiger partial charge in [-0.2, -0.15) is 0 Å². The Labute approximate surface area is 138 Å². The quantitative estimate of drug-likeness (QED) is 0.706. The summed E-state index contributed by atoms with van der Waals surface area (Å²) in [6.07, 6.45) is 6.19. The molecule has 3 rings (SSSR count). The second-order valence-electron chi connectivity index (χ2n) is 5.47. The summed E-state index contributed by atoms with van der Waals surface area (Å²) in [6, 6.07) is 3.57. The average Bonchev–Trinajstić information content (AvgIpc) is 3.14. The van der Waals surface area contributed by atoms with E-state index in [0.29, 0.717) is 22.9 Å². The molecule has 1 unspecified atom stereocenters. The van der Waals surface area contributed by atoms with Crippen LogP contribution in [0.5, 0.6) is 0 Å². The van der Waals surface area contributed by atoms with Crippen LogP contribution < -0.4 is 5.32 Å². The van der Waals surface area contributed by atoms with Gasteiger partial charge in [-0.3, -0.25) is 4.79 Å². The fraction of sp³-hybridized carbons (Fsp3) is 0.312. The lowest BCUT2D eigenvalue weighted by molar-refractivity contribution is 0.0932. The number of fused-ring (bicyclic) bond motifs is 1.